The average Bonchev–Trinajstić information content (AvgIpc) is 2.93. The van der Waals surface area contributed by atoms with Gasteiger partial charge in [-0.2, -0.15) is 0 Å². The quantitative estimate of drug-likeness (QED) is 0.623. The van der Waals surface area contributed by atoms with E-state index in [1.54, 1.807) is 6.07 Å². The van der Waals surface area contributed by atoms with Gasteiger partial charge in [-0.05, 0) is 31.4 Å². The van der Waals surface area contributed by atoms with Crippen LogP contribution in [0.2, 0.25) is 5.15 Å². The van der Waals surface area contributed by atoms with Crippen LogP contribution in [0.3, 0.4) is 0 Å². The number of rotatable bonds is 3. The molecule has 0 spiro atoms. The lowest BCUT2D eigenvalue weighted by Crippen LogP contribution is -2.29. The number of hydrogen-bond donors (Lipinski definition) is 0. The molecule has 18 heavy (non-hydrogen) atoms. The summed E-state index contributed by atoms with van der Waals surface area (Å²) in [6, 6.07) is 3.15. The van der Waals surface area contributed by atoms with Gasteiger partial charge >= 0.3 is 5.97 Å². The summed E-state index contributed by atoms with van der Waals surface area (Å²) in [4.78, 5) is 15.9. The maximum Gasteiger partial charge on any atom is 0.338 e. The molecule has 1 aromatic rings. The molecule has 0 N–H and O–H groups in total. The third kappa shape index (κ3) is 2.22. The van der Waals surface area contributed by atoms with Crippen molar-refractivity contribution in [3.05, 3.63) is 29.0 Å². The Morgan fingerprint density at radius 2 is 2.39 bits per heavy atom. The van der Waals surface area contributed by atoms with E-state index in [-0.39, 0.29) is 11.6 Å². The van der Waals surface area contributed by atoms with Crippen molar-refractivity contribution in [1.29, 1.82) is 0 Å². The minimum absolute atomic E-state index is 0.288. The van der Waals surface area contributed by atoms with Crippen molar-refractivity contribution in [3.63, 3.8) is 0 Å². The van der Waals surface area contributed by atoms with Gasteiger partial charge in [0, 0.05) is 18.7 Å². The zero-order chi connectivity index (χ0) is 12.6. The summed E-state index contributed by atoms with van der Waals surface area (Å²) in [5.41, 5.74) is 0.170. The van der Waals surface area contributed by atoms with E-state index in [0.717, 1.165) is 25.9 Å². The van der Waals surface area contributed by atoms with E-state index >= 15 is 0 Å². The molecule has 5 heteroatoms. The molecule has 1 aromatic heterocycles. The first kappa shape index (κ1) is 11.9. The molecular formula is C13H14ClNO3. The van der Waals surface area contributed by atoms with Gasteiger partial charge in [0.15, 0.2) is 0 Å². The highest BCUT2D eigenvalue weighted by atomic mass is 35.5. The highest BCUT2D eigenvalue weighted by Gasteiger charge is 2.54. The number of nitrogens with zero attached hydrogens (tertiary/aromatic N) is 1. The molecule has 3 rings (SSSR count). The van der Waals surface area contributed by atoms with Gasteiger partial charge in [0.2, 0.25) is 0 Å². The smallest absolute Gasteiger partial charge is 0.338 e. The number of esters is 1. The van der Waals surface area contributed by atoms with E-state index < -0.39 is 0 Å². The topological polar surface area (TPSA) is 48.4 Å². The Labute approximate surface area is 110 Å². The van der Waals surface area contributed by atoms with Crippen LogP contribution in [0.1, 0.15) is 29.6 Å². The number of halogens is 1. The molecule has 1 saturated heterocycles. The SMILES string of the molecule is O=C(OC1(C2CCOC2)CC1)c1ccnc(Cl)c1. The van der Waals surface area contributed by atoms with Crippen LogP contribution in [-0.4, -0.2) is 29.8 Å². The molecule has 1 atom stereocenters. The first-order valence-electron chi connectivity index (χ1n) is 6.12. The molecule has 2 aliphatic rings. The third-order valence-corrected chi connectivity index (χ3v) is 3.88. The van der Waals surface area contributed by atoms with E-state index in [1.165, 1.54) is 12.3 Å². The van der Waals surface area contributed by atoms with Crippen LogP contribution in [0.5, 0.6) is 0 Å². The maximum atomic E-state index is 12.1. The van der Waals surface area contributed by atoms with Crippen molar-refractivity contribution in [2.24, 2.45) is 5.92 Å². The Bertz CT molecular complexity index is 467. The molecule has 0 radical (unpaired) electrons. The number of hydrogen-bond acceptors (Lipinski definition) is 4. The molecule has 0 amide bonds. The summed E-state index contributed by atoms with van der Waals surface area (Å²) in [7, 11) is 0. The second-order valence-corrected chi connectivity index (χ2v) is 5.27. The Kier molecular flexibility index (Phi) is 2.99. The molecule has 2 heterocycles. The van der Waals surface area contributed by atoms with Gasteiger partial charge in [-0.1, -0.05) is 11.6 Å². The zero-order valence-corrected chi connectivity index (χ0v) is 10.7. The predicted molar refractivity (Wildman–Crippen MR) is 65.6 cm³/mol. The minimum atomic E-state index is -0.316. The maximum absolute atomic E-state index is 12.1. The lowest BCUT2D eigenvalue weighted by molar-refractivity contribution is 0.000824. The lowest BCUT2D eigenvalue weighted by atomic mass is 9.99. The van der Waals surface area contributed by atoms with Crippen molar-refractivity contribution in [3.8, 4) is 0 Å². The molecular weight excluding hydrogens is 254 g/mol. The molecule has 1 saturated carbocycles. The molecule has 0 aromatic carbocycles. The molecule has 1 aliphatic heterocycles. The molecule has 0 bridgehead atoms. The van der Waals surface area contributed by atoms with E-state index in [4.69, 9.17) is 21.1 Å². The molecule has 1 unspecified atom stereocenters. The lowest BCUT2D eigenvalue weighted by Gasteiger charge is -2.22. The highest BCUT2D eigenvalue weighted by Crippen LogP contribution is 2.49. The fraction of sp³-hybridized carbons (Fsp3) is 0.538. The van der Waals surface area contributed by atoms with Crippen LogP contribution in [0, 0.1) is 5.92 Å². The summed E-state index contributed by atoms with van der Waals surface area (Å²) in [5.74, 6) is 0.0301. The van der Waals surface area contributed by atoms with Crippen LogP contribution in [-0.2, 0) is 9.47 Å². The largest absolute Gasteiger partial charge is 0.455 e. The van der Waals surface area contributed by atoms with Crippen LogP contribution in [0.4, 0.5) is 0 Å². The summed E-state index contributed by atoms with van der Waals surface area (Å²) >= 11 is 5.76. The standard InChI is InChI=1S/C13H14ClNO3/c14-11-7-9(1-5-15-11)12(16)18-13(3-4-13)10-2-6-17-8-10/h1,5,7,10H,2-4,6,8H2. The Balaban J connectivity index is 1.71. The van der Waals surface area contributed by atoms with Crippen LogP contribution >= 0.6 is 11.6 Å². The molecule has 4 nitrogen and oxygen atoms in total. The predicted octanol–water partition coefficient (Wildman–Crippen LogP) is 2.46. The fourth-order valence-corrected chi connectivity index (χ4v) is 2.61. The Morgan fingerprint density at radius 1 is 1.56 bits per heavy atom. The van der Waals surface area contributed by atoms with Gasteiger partial charge in [-0.15, -0.1) is 0 Å². The van der Waals surface area contributed by atoms with Gasteiger partial charge in [-0.3, -0.25) is 0 Å². The van der Waals surface area contributed by atoms with Gasteiger partial charge < -0.3 is 9.47 Å². The first-order valence-corrected chi connectivity index (χ1v) is 6.50. The molecule has 96 valence electrons. The van der Waals surface area contributed by atoms with Crippen molar-refractivity contribution < 1.29 is 14.3 Å². The van der Waals surface area contributed by atoms with Gasteiger partial charge in [0.1, 0.15) is 10.8 Å². The Morgan fingerprint density at radius 3 is 3.00 bits per heavy atom. The van der Waals surface area contributed by atoms with Gasteiger partial charge in [0.05, 0.1) is 12.2 Å². The number of carbonyl (C=O) groups excluding carboxylic acids is 1. The second-order valence-electron chi connectivity index (χ2n) is 4.88. The summed E-state index contributed by atoms with van der Waals surface area (Å²) in [5, 5.41) is 0.304. The summed E-state index contributed by atoms with van der Waals surface area (Å²) in [6.45, 7) is 1.47. The number of pyridine rings is 1. The third-order valence-electron chi connectivity index (χ3n) is 3.67. The normalized spacial score (nSPS) is 24.8. The zero-order valence-electron chi connectivity index (χ0n) is 9.89. The van der Waals surface area contributed by atoms with Gasteiger partial charge in [0.25, 0.3) is 0 Å². The summed E-state index contributed by atoms with van der Waals surface area (Å²) < 4.78 is 11.0. The van der Waals surface area contributed by atoms with Crippen LogP contribution < -0.4 is 0 Å². The minimum Gasteiger partial charge on any atom is -0.455 e. The van der Waals surface area contributed by atoms with E-state index in [0.29, 0.717) is 23.2 Å². The van der Waals surface area contributed by atoms with E-state index in [2.05, 4.69) is 4.98 Å². The number of ether oxygens (including phenoxy) is 2. The number of aromatic nitrogens is 1. The van der Waals surface area contributed by atoms with Crippen molar-refractivity contribution in [2.45, 2.75) is 24.9 Å². The highest BCUT2D eigenvalue weighted by molar-refractivity contribution is 6.29. The summed E-state index contributed by atoms with van der Waals surface area (Å²) in [6.07, 6.45) is 4.36. The molecule has 2 fully saturated rings. The van der Waals surface area contributed by atoms with E-state index in [9.17, 15) is 4.79 Å². The van der Waals surface area contributed by atoms with Crippen molar-refractivity contribution >= 4 is 17.6 Å². The monoisotopic (exact) mass is 267 g/mol. The van der Waals surface area contributed by atoms with E-state index in [1.807, 2.05) is 0 Å². The van der Waals surface area contributed by atoms with Crippen LogP contribution in [0.15, 0.2) is 18.3 Å². The van der Waals surface area contributed by atoms with Crippen molar-refractivity contribution in [1.82, 2.24) is 4.98 Å². The van der Waals surface area contributed by atoms with Gasteiger partial charge in [-0.25, -0.2) is 9.78 Å². The van der Waals surface area contributed by atoms with Crippen LogP contribution in [0.25, 0.3) is 0 Å². The first-order chi connectivity index (χ1) is 8.70. The average molecular weight is 268 g/mol. The number of carbonyl (C=O) groups is 1. The second kappa shape index (κ2) is 4.52. The Hall–Kier alpha value is -1.13. The fourth-order valence-electron chi connectivity index (χ4n) is 2.44. The van der Waals surface area contributed by atoms with Crippen molar-refractivity contribution in [2.75, 3.05) is 13.2 Å². The molecule has 1 aliphatic carbocycles.